The highest BCUT2D eigenvalue weighted by Crippen LogP contribution is 2.10. The van der Waals surface area contributed by atoms with Gasteiger partial charge in [-0.15, -0.1) is 0 Å². The molecule has 1 aromatic carbocycles. The summed E-state index contributed by atoms with van der Waals surface area (Å²) in [6.07, 6.45) is 0.728. The first-order valence-electron chi connectivity index (χ1n) is 7.68. The van der Waals surface area contributed by atoms with Crippen LogP contribution >= 0.6 is 0 Å². The van der Waals surface area contributed by atoms with Crippen molar-refractivity contribution in [3.8, 4) is 0 Å². The quantitative estimate of drug-likeness (QED) is 0.418. The standard InChI is InChI=1S/C16H24N2O5/c1-2-12-3-5-13(6-4-12)18-15(20)11-14(16(21)22)17-7-9-23-10-8-19/h3-6,14,17,19H,2,7-11H2,1H3,(H,18,20)(H,21,22)/t14-/m0/s1. The molecule has 4 N–H and O–H groups in total. The Kier molecular flexibility index (Phi) is 8.89. The van der Waals surface area contributed by atoms with E-state index in [2.05, 4.69) is 5.32 Å². The minimum Gasteiger partial charge on any atom is -0.544 e. The van der Waals surface area contributed by atoms with Crippen LogP contribution in [0.3, 0.4) is 0 Å². The topological polar surface area (TPSA) is 115 Å². The monoisotopic (exact) mass is 324 g/mol. The first-order chi connectivity index (χ1) is 11.1. The Balaban J connectivity index is 2.42. The molecule has 0 heterocycles. The SMILES string of the molecule is CCc1ccc(NC(=O)C[C@H]([NH2+]CCOCCO)C(=O)[O-])cc1. The third kappa shape index (κ3) is 7.73. The minimum absolute atomic E-state index is 0.0802. The van der Waals surface area contributed by atoms with Crippen LogP contribution in [0.2, 0.25) is 0 Å². The van der Waals surface area contributed by atoms with Gasteiger partial charge >= 0.3 is 0 Å². The number of carbonyl (C=O) groups excluding carboxylic acids is 2. The van der Waals surface area contributed by atoms with E-state index in [-0.39, 0.29) is 25.5 Å². The van der Waals surface area contributed by atoms with Crippen molar-refractivity contribution in [2.75, 3.05) is 31.7 Å². The Labute approximate surface area is 135 Å². The molecular formula is C16H24N2O5. The van der Waals surface area contributed by atoms with Crippen LogP contribution in [0.1, 0.15) is 18.9 Å². The molecule has 1 atom stereocenters. The van der Waals surface area contributed by atoms with Crippen LogP contribution in [0.15, 0.2) is 24.3 Å². The van der Waals surface area contributed by atoms with Gasteiger partial charge in [0.15, 0.2) is 0 Å². The van der Waals surface area contributed by atoms with Crippen LogP contribution in [0.25, 0.3) is 0 Å². The maximum atomic E-state index is 11.9. The molecule has 23 heavy (non-hydrogen) atoms. The lowest BCUT2D eigenvalue weighted by atomic mass is 10.1. The molecule has 0 fully saturated rings. The number of nitrogens with two attached hydrogens (primary N) is 1. The summed E-state index contributed by atoms with van der Waals surface area (Å²) in [7, 11) is 0. The smallest absolute Gasteiger partial charge is 0.230 e. The number of hydrogen-bond acceptors (Lipinski definition) is 5. The molecule has 0 aliphatic carbocycles. The summed E-state index contributed by atoms with van der Waals surface area (Å²) in [5, 5.41) is 23.8. The highest BCUT2D eigenvalue weighted by Gasteiger charge is 2.18. The second kappa shape index (κ2) is 10.7. The minimum atomic E-state index is -1.29. The summed E-state index contributed by atoms with van der Waals surface area (Å²) in [4.78, 5) is 23.0. The van der Waals surface area contributed by atoms with E-state index >= 15 is 0 Å². The molecule has 1 aromatic rings. The predicted octanol–water partition coefficient (Wildman–Crippen LogP) is -1.73. The van der Waals surface area contributed by atoms with Crippen LogP contribution in [-0.4, -0.2) is 49.4 Å². The molecule has 0 spiro atoms. The summed E-state index contributed by atoms with van der Waals surface area (Å²) < 4.78 is 5.04. The predicted molar refractivity (Wildman–Crippen MR) is 82.6 cm³/mol. The Morgan fingerprint density at radius 2 is 2.00 bits per heavy atom. The van der Waals surface area contributed by atoms with Crippen molar-refractivity contribution in [1.82, 2.24) is 0 Å². The molecule has 7 nitrogen and oxygen atoms in total. The number of amides is 1. The van der Waals surface area contributed by atoms with Crippen LogP contribution in [0, 0.1) is 0 Å². The molecule has 0 radical (unpaired) electrons. The van der Waals surface area contributed by atoms with E-state index in [0.717, 1.165) is 12.0 Å². The third-order valence-electron chi connectivity index (χ3n) is 3.30. The van der Waals surface area contributed by atoms with E-state index in [1.165, 1.54) is 5.32 Å². The van der Waals surface area contributed by atoms with Gasteiger partial charge in [-0.05, 0) is 24.1 Å². The first-order valence-corrected chi connectivity index (χ1v) is 7.68. The van der Waals surface area contributed by atoms with Gasteiger partial charge in [-0.1, -0.05) is 19.1 Å². The number of nitrogens with one attached hydrogen (secondary N) is 1. The van der Waals surface area contributed by atoms with Crippen molar-refractivity contribution < 1.29 is 29.9 Å². The fourth-order valence-corrected chi connectivity index (χ4v) is 2.02. The van der Waals surface area contributed by atoms with Crippen molar-refractivity contribution in [2.24, 2.45) is 0 Å². The molecule has 0 unspecified atom stereocenters. The molecule has 128 valence electrons. The molecule has 1 amide bonds. The Morgan fingerprint density at radius 1 is 1.30 bits per heavy atom. The lowest BCUT2D eigenvalue weighted by Gasteiger charge is -2.16. The van der Waals surface area contributed by atoms with Gasteiger partial charge < -0.3 is 30.4 Å². The van der Waals surface area contributed by atoms with Crippen molar-refractivity contribution in [3.05, 3.63) is 29.8 Å². The van der Waals surface area contributed by atoms with Gasteiger partial charge in [0.1, 0.15) is 6.04 Å². The molecule has 0 aliphatic heterocycles. The number of carboxylic acid groups (broad SMARTS) is 1. The second-order valence-electron chi connectivity index (χ2n) is 5.09. The Bertz CT molecular complexity index is 490. The van der Waals surface area contributed by atoms with E-state index in [4.69, 9.17) is 9.84 Å². The number of carbonyl (C=O) groups is 2. The van der Waals surface area contributed by atoms with Gasteiger partial charge in [0.25, 0.3) is 0 Å². The molecule has 0 aliphatic rings. The highest BCUT2D eigenvalue weighted by atomic mass is 16.5. The van der Waals surface area contributed by atoms with E-state index in [0.29, 0.717) is 18.8 Å². The van der Waals surface area contributed by atoms with Crippen molar-refractivity contribution >= 4 is 17.6 Å². The first kappa shape index (κ1) is 19.1. The number of aliphatic hydroxyl groups is 1. The zero-order valence-corrected chi connectivity index (χ0v) is 13.3. The summed E-state index contributed by atoms with van der Waals surface area (Å²) in [5.74, 6) is -1.67. The number of aliphatic hydroxyl groups excluding tert-OH is 1. The van der Waals surface area contributed by atoms with Crippen LogP contribution in [0.4, 0.5) is 5.69 Å². The fourth-order valence-electron chi connectivity index (χ4n) is 2.02. The van der Waals surface area contributed by atoms with Gasteiger partial charge in [-0.2, -0.15) is 0 Å². The maximum absolute atomic E-state index is 11.9. The number of benzene rings is 1. The van der Waals surface area contributed by atoms with Crippen molar-refractivity contribution in [1.29, 1.82) is 0 Å². The Hall–Kier alpha value is -1.96. The maximum Gasteiger partial charge on any atom is 0.230 e. The van der Waals surface area contributed by atoms with E-state index in [1.807, 2.05) is 19.1 Å². The third-order valence-corrected chi connectivity index (χ3v) is 3.30. The molecule has 0 saturated heterocycles. The van der Waals surface area contributed by atoms with Crippen molar-refractivity contribution in [3.63, 3.8) is 0 Å². The molecule has 1 rings (SSSR count). The van der Waals surface area contributed by atoms with Gasteiger partial charge in [-0.3, -0.25) is 4.79 Å². The zero-order valence-electron chi connectivity index (χ0n) is 13.3. The van der Waals surface area contributed by atoms with Crippen molar-refractivity contribution in [2.45, 2.75) is 25.8 Å². The summed E-state index contributed by atoms with van der Waals surface area (Å²) >= 11 is 0. The molecule has 0 saturated carbocycles. The average molecular weight is 324 g/mol. The number of quaternary nitrogens is 1. The fraction of sp³-hybridized carbons (Fsp3) is 0.500. The van der Waals surface area contributed by atoms with E-state index in [1.54, 1.807) is 12.1 Å². The number of hydrogen-bond donors (Lipinski definition) is 3. The molecule has 0 aromatic heterocycles. The lowest BCUT2D eigenvalue weighted by Crippen LogP contribution is -2.94. The van der Waals surface area contributed by atoms with Crippen LogP contribution in [0.5, 0.6) is 0 Å². The second-order valence-corrected chi connectivity index (χ2v) is 5.09. The zero-order chi connectivity index (χ0) is 17.1. The number of aryl methyl sites for hydroxylation is 1. The van der Waals surface area contributed by atoms with Gasteiger partial charge in [-0.25, -0.2) is 0 Å². The highest BCUT2D eigenvalue weighted by molar-refractivity contribution is 5.93. The van der Waals surface area contributed by atoms with Gasteiger partial charge in [0.2, 0.25) is 5.91 Å². The lowest BCUT2D eigenvalue weighted by molar-refractivity contribution is -0.683. The number of rotatable bonds is 11. The Morgan fingerprint density at radius 3 is 2.57 bits per heavy atom. The van der Waals surface area contributed by atoms with Gasteiger partial charge in [0.05, 0.1) is 38.8 Å². The molecule has 0 bridgehead atoms. The summed E-state index contributed by atoms with van der Waals surface area (Å²) in [6, 6.07) is 6.43. The van der Waals surface area contributed by atoms with Gasteiger partial charge in [0, 0.05) is 5.69 Å². The normalized spacial score (nSPS) is 11.9. The van der Waals surface area contributed by atoms with Crippen LogP contribution in [-0.2, 0) is 20.7 Å². The number of ether oxygens (including phenoxy) is 1. The number of carboxylic acids is 1. The van der Waals surface area contributed by atoms with E-state index < -0.39 is 12.0 Å². The largest absolute Gasteiger partial charge is 0.544 e. The number of aliphatic carboxylic acids is 1. The summed E-state index contributed by atoms with van der Waals surface area (Å²) in [5.41, 5.74) is 1.79. The average Bonchev–Trinajstić information content (AvgIpc) is 2.54. The molecular weight excluding hydrogens is 300 g/mol. The van der Waals surface area contributed by atoms with Crippen LogP contribution < -0.4 is 15.7 Å². The van der Waals surface area contributed by atoms with E-state index in [9.17, 15) is 14.7 Å². The number of anilines is 1. The molecule has 7 heteroatoms. The summed E-state index contributed by atoms with van der Waals surface area (Å²) in [6.45, 7) is 2.83.